The van der Waals surface area contributed by atoms with Gasteiger partial charge in [0.2, 0.25) is 5.91 Å². The van der Waals surface area contributed by atoms with E-state index in [1.807, 2.05) is 0 Å². The lowest BCUT2D eigenvalue weighted by molar-refractivity contribution is -0.135. The van der Waals surface area contributed by atoms with Crippen LogP contribution in [0.15, 0.2) is 0 Å². The molecule has 0 aliphatic carbocycles. The van der Waals surface area contributed by atoms with Crippen LogP contribution in [0.25, 0.3) is 0 Å². The quantitative estimate of drug-likeness (QED) is 0.538. The van der Waals surface area contributed by atoms with Crippen molar-refractivity contribution < 1.29 is 4.79 Å². The largest absolute Gasteiger partial charge is 0.340 e. The van der Waals surface area contributed by atoms with E-state index in [1.54, 1.807) is 0 Å². The van der Waals surface area contributed by atoms with Crippen molar-refractivity contribution in [2.75, 3.05) is 6.54 Å². The first-order valence-electron chi connectivity index (χ1n) is 8.11. The van der Waals surface area contributed by atoms with Gasteiger partial charge in [0.05, 0.1) is 0 Å². The summed E-state index contributed by atoms with van der Waals surface area (Å²) in [5, 5.41) is 0. The summed E-state index contributed by atoms with van der Waals surface area (Å²) in [4.78, 5) is 14.6. The van der Waals surface area contributed by atoms with E-state index in [4.69, 9.17) is 0 Å². The molecule has 1 unspecified atom stereocenters. The number of nitrogens with zero attached hydrogens (tertiary/aromatic N) is 1. The monoisotopic (exact) mass is 269 g/mol. The van der Waals surface area contributed by atoms with Gasteiger partial charge < -0.3 is 4.90 Å². The zero-order valence-electron chi connectivity index (χ0n) is 14.1. The summed E-state index contributed by atoms with van der Waals surface area (Å²) in [6.45, 7) is 14.0. The van der Waals surface area contributed by atoms with Gasteiger partial charge in [0.1, 0.15) is 0 Å². The molecule has 0 rings (SSSR count). The minimum atomic E-state index is 0.0880. The molecule has 0 N–H and O–H groups in total. The molecule has 0 heterocycles. The molecule has 0 saturated heterocycles. The van der Waals surface area contributed by atoms with Crippen LogP contribution in [-0.4, -0.2) is 23.4 Å². The van der Waals surface area contributed by atoms with Gasteiger partial charge >= 0.3 is 0 Å². The number of hydrogen-bond acceptors (Lipinski definition) is 1. The first-order chi connectivity index (χ1) is 8.81. The Balaban J connectivity index is 4.43. The molecule has 0 fully saturated rings. The molecule has 2 nitrogen and oxygen atoms in total. The number of hydrogen-bond donors (Lipinski definition) is 0. The standard InChI is InChI=1S/C17H35NO/c1-7-9-10-11-13-18(15(3)12-8-2)16(19)14-17(4,5)6/h15H,7-14H2,1-6H3. The Bertz CT molecular complexity index is 242. The van der Waals surface area contributed by atoms with Crippen LogP contribution in [0.2, 0.25) is 0 Å². The second-order valence-electron chi connectivity index (χ2n) is 7.02. The molecule has 0 aliphatic heterocycles. The predicted octanol–water partition coefficient (Wildman–Crippen LogP) is 5.02. The Morgan fingerprint density at radius 1 is 1.05 bits per heavy atom. The molecule has 0 radical (unpaired) electrons. The fourth-order valence-electron chi connectivity index (χ4n) is 2.43. The summed E-state index contributed by atoms with van der Waals surface area (Å²) in [6.07, 6.45) is 7.85. The second-order valence-corrected chi connectivity index (χ2v) is 7.02. The van der Waals surface area contributed by atoms with E-state index in [1.165, 1.54) is 19.3 Å². The van der Waals surface area contributed by atoms with E-state index in [9.17, 15) is 4.79 Å². The van der Waals surface area contributed by atoms with Gasteiger partial charge in [-0.3, -0.25) is 4.79 Å². The van der Waals surface area contributed by atoms with Crippen LogP contribution < -0.4 is 0 Å². The number of carbonyl (C=O) groups excluding carboxylic acids is 1. The van der Waals surface area contributed by atoms with Gasteiger partial charge in [0.15, 0.2) is 0 Å². The van der Waals surface area contributed by atoms with E-state index in [0.29, 0.717) is 18.4 Å². The van der Waals surface area contributed by atoms with Gasteiger partial charge in [-0.15, -0.1) is 0 Å². The Kier molecular flexibility index (Phi) is 9.12. The Morgan fingerprint density at radius 3 is 2.16 bits per heavy atom. The number of amides is 1. The lowest BCUT2D eigenvalue weighted by Gasteiger charge is -2.32. The van der Waals surface area contributed by atoms with Crippen molar-refractivity contribution in [1.82, 2.24) is 4.90 Å². The molecule has 0 aromatic rings. The van der Waals surface area contributed by atoms with Crippen molar-refractivity contribution in [2.45, 2.75) is 92.5 Å². The maximum absolute atomic E-state index is 12.5. The Hall–Kier alpha value is -0.530. The number of unbranched alkanes of at least 4 members (excludes halogenated alkanes) is 3. The van der Waals surface area contributed by atoms with Crippen molar-refractivity contribution in [3.8, 4) is 0 Å². The molecular formula is C17H35NO. The predicted molar refractivity (Wildman–Crippen MR) is 84.3 cm³/mol. The summed E-state index contributed by atoms with van der Waals surface area (Å²) in [5.41, 5.74) is 0.0880. The highest BCUT2D eigenvalue weighted by Crippen LogP contribution is 2.22. The molecular weight excluding hydrogens is 234 g/mol. The molecule has 0 aliphatic rings. The highest BCUT2D eigenvalue weighted by atomic mass is 16.2. The number of carbonyl (C=O) groups is 1. The van der Waals surface area contributed by atoms with Crippen molar-refractivity contribution in [3.05, 3.63) is 0 Å². The van der Waals surface area contributed by atoms with Crippen LogP contribution in [0.1, 0.15) is 86.5 Å². The van der Waals surface area contributed by atoms with Crippen LogP contribution in [0, 0.1) is 5.41 Å². The van der Waals surface area contributed by atoms with Crippen molar-refractivity contribution in [2.24, 2.45) is 5.41 Å². The van der Waals surface area contributed by atoms with Crippen molar-refractivity contribution >= 4 is 5.91 Å². The highest BCUT2D eigenvalue weighted by molar-refractivity contribution is 5.77. The lowest BCUT2D eigenvalue weighted by atomic mass is 9.91. The van der Waals surface area contributed by atoms with Gasteiger partial charge in [-0.2, -0.15) is 0 Å². The maximum Gasteiger partial charge on any atom is 0.223 e. The highest BCUT2D eigenvalue weighted by Gasteiger charge is 2.23. The van der Waals surface area contributed by atoms with E-state index < -0.39 is 0 Å². The lowest BCUT2D eigenvalue weighted by Crippen LogP contribution is -2.40. The third-order valence-electron chi connectivity index (χ3n) is 3.49. The van der Waals surface area contributed by atoms with E-state index in [-0.39, 0.29) is 5.41 Å². The Labute approximate surface area is 120 Å². The number of rotatable bonds is 9. The average Bonchev–Trinajstić information content (AvgIpc) is 2.26. The molecule has 0 spiro atoms. The van der Waals surface area contributed by atoms with Gasteiger partial charge in [-0.1, -0.05) is 60.3 Å². The smallest absolute Gasteiger partial charge is 0.223 e. The Morgan fingerprint density at radius 2 is 1.68 bits per heavy atom. The van der Waals surface area contributed by atoms with Crippen LogP contribution in [0.5, 0.6) is 0 Å². The van der Waals surface area contributed by atoms with Crippen molar-refractivity contribution in [3.63, 3.8) is 0 Å². The summed E-state index contributed by atoms with van der Waals surface area (Å²) in [5.74, 6) is 0.338. The van der Waals surface area contributed by atoms with Gasteiger partial charge in [0, 0.05) is 19.0 Å². The van der Waals surface area contributed by atoms with E-state index in [0.717, 1.165) is 25.8 Å². The molecule has 114 valence electrons. The van der Waals surface area contributed by atoms with Gasteiger partial charge in [-0.05, 0) is 25.2 Å². The van der Waals surface area contributed by atoms with Gasteiger partial charge in [0.25, 0.3) is 0 Å². The molecule has 1 atom stereocenters. The summed E-state index contributed by atoms with van der Waals surface area (Å²) in [7, 11) is 0. The van der Waals surface area contributed by atoms with Gasteiger partial charge in [-0.25, -0.2) is 0 Å². The minimum Gasteiger partial charge on any atom is -0.340 e. The zero-order chi connectivity index (χ0) is 14.9. The molecule has 0 aromatic carbocycles. The van der Waals surface area contributed by atoms with Crippen molar-refractivity contribution in [1.29, 1.82) is 0 Å². The van der Waals surface area contributed by atoms with Crippen LogP contribution in [0.3, 0.4) is 0 Å². The fraction of sp³-hybridized carbons (Fsp3) is 0.941. The fourth-order valence-corrected chi connectivity index (χ4v) is 2.43. The topological polar surface area (TPSA) is 20.3 Å². The molecule has 0 saturated carbocycles. The third kappa shape index (κ3) is 9.07. The maximum atomic E-state index is 12.5. The zero-order valence-corrected chi connectivity index (χ0v) is 14.1. The first kappa shape index (κ1) is 18.5. The second kappa shape index (κ2) is 9.39. The summed E-state index contributed by atoms with van der Waals surface area (Å²) in [6, 6.07) is 0.390. The summed E-state index contributed by atoms with van der Waals surface area (Å²) < 4.78 is 0. The van der Waals surface area contributed by atoms with Crippen LogP contribution >= 0.6 is 0 Å². The normalized spacial score (nSPS) is 13.4. The average molecular weight is 269 g/mol. The molecule has 2 heteroatoms. The SMILES string of the molecule is CCCCCCN(C(=O)CC(C)(C)C)C(C)CCC. The molecule has 0 bridgehead atoms. The minimum absolute atomic E-state index is 0.0880. The summed E-state index contributed by atoms with van der Waals surface area (Å²) >= 11 is 0. The molecule has 0 aromatic heterocycles. The van der Waals surface area contributed by atoms with Crippen LogP contribution in [-0.2, 0) is 4.79 Å². The van der Waals surface area contributed by atoms with E-state index in [2.05, 4.69) is 46.4 Å². The first-order valence-corrected chi connectivity index (χ1v) is 8.11. The molecule has 1 amide bonds. The van der Waals surface area contributed by atoms with Crippen LogP contribution in [0.4, 0.5) is 0 Å². The molecule has 19 heavy (non-hydrogen) atoms. The van der Waals surface area contributed by atoms with E-state index >= 15 is 0 Å². The third-order valence-corrected chi connectivity index (χ3v) is 3.49.